The number of aromatic nitrogens is 3. The van der Waals surface area contributed by atoms with Gasteiger partial charge in [-0.05, 0) is 30.0 Å². The zero-order valence-electron chi connectivity index (χ0n) is 14.0. The molecule has 5 rings (SSSR count). The predicted octanol–water partition coefficient (Wildman–Crippen LogP) is 5.06. The lowest BCUT2D eigenvalue weighted by molar-refractivity contribution is -0.116. The van der Waals surface area contributed by atoms with E-state index in [0.29, 0.717) is 28.0 Å². The Morgan fingerprint density at radius 1 is 1.22 bits per heavy atom. The normalized spacial score (nSPS) is 21.6. The monoisotopic (exact) mass is 416 g/mol. The molecule has 27 heavy (non-hydrogen) atoms. The molecule has 5 nitrogen and oxygen atoms in total. The van der Waals surface area contributed by atoms with E-state index < -0.39 is 6.04 Å². The predicted molar refractivity (Wildman–Crippen MR) is 107 cm³/mol. The summed E-state index contributed by atoms with van der Waals surface area (Å²) in [5, 5.41) is 10.8. The second-order valence-corrected chi connectivity index (χ2v) is 8.48. The molecular weight excluding hydrogens is 403 g/mol. The van der Waals surface area contributed by atoms with Crippen molar-refractivity contribution in [3.8, 4) is 0 Å². The lowest BCUT2D eigenvalue weighted by Gasteiger charge is -2.35. The number of carbonyl (C=O) groups is 1. The summed E-state index contributed by atoms with van der Waals surface area (Å²) in [6.07, 6.45) is 2.72. The number of carbonyl (C=O) groups excluding carboxylic acids is 1. The maximum absolute atomic E-state index is 13.2. The molecule has 136 valence electrons. The van der Waals surface area contributed by atoms with E-state index in [4.69, 9.17) is 23.2 Å². The molecule has 1 aromatic carbocycles. The zero-order valence-corrected chi connectivity index (χ0v) is 16.4. The molecule has 1 N–H and O–H groups in total. The molecule has 2 atom stereocenters. The molecule has 0 fully saturated rings. The van der Waals surface area contributed by atoms with Gasteiger partial charge >= 0.3 is 0 Å². The van der Waals surface area contributed by atoms with Crippen LogP contribution in [0.3, 0.4) is 0 Å². The standard InChI is InChI=1S/C19H14Cl2N4OS/c20-11-3-4-12(13(21)8-11)18-17-14(24-19-22-9-23-25(18)19)6-10(7-15(17)26)16-2-1-5-27-16/h1-5,8-10,18H,6-7H2,(H,22,23,24). The van der Waals surface area contributed by atoms with Crippen LogP contribution in [0.15, 0.2) is 53.3 Å². The van der Waals surface area contributed by atoms with Crippen molar-refractivity contribution in [2.24, 2.45) is 0 Å². The fourth-order valence-electron chi connectivity index (χ4n) is 3.89. The summed E-state index contributed by atoms with van der Waals surface area (Å²) >= 11 is 14.2. The van der Waals surface area contributed by atoms with Gasteiger partial charge in [-0.15, -0.1) is 11.3 Å². The maximum Gasteiger partial charge on any atom is 0.226 e. The number of nitrogens with one attached hydrogen (secondary N) is 1. The summed E-state index contributed by atoms with van der Waals surface area (Å²) in [7, 11) is 0. The lowest BCUT2D eigenvalue weighted by atomic mass is 9.80. The third-order valence-corrected chi connectivity index (χ3v) is 6.66. The third kappa shape index (κ3) is 2.79. The summed E-state index contributed by atoms with van der Waals surface area (Å²) in [6, 6.07) is 9.04. The van der Waals surface area contributed by atoms with Gasteiger partial charge in [-0.25, -0.2) is 4.68 Å². The number of benzene rings is 1. The molecule has 0 amide bonds. The molecule has 0 saturated heterocycles. The van der Waals surface area contributed by atoms with E-state index >= 15 is 0 Å². The Balaban J connectivity index is 1.65. The Morgan fingerprint density at radius 2 is 2.11 bits per heavy atom. The number of nitrogens with zero attached hydrogens (tertiary/aromatic N) is 3. The minimum absolute atomic E-state index is 0.110. The van der Waals surface area contributed by atoms with E-state index in [1.807, 2.05) is 17.5 Å². The number of halogens is 2. The number of anilines is 1. The van der Waals surface area contributed by atoms with Crippen molar-refractivity contribution in [1.82, 2.24) is 14.8 Å². The Morgan fingerprint density at radius 3 is 2.89 bits per heavy atom. The average molecular weight is 417 g/mol. The topological polar surface area (TPSA) is 59.8 Å². The Labute approximate surface area is 169 Å². The molecule has 8 heteroatoms. The van der Waals surface area contributed by atoms with E-state index in [0.717, 1.165) is 17.7 Å². The molecule has 2 aliphatic rings. The Kier molecular flexibility index (Phi) is 4.07. The molecule has 2 aromatic heterocycles. The molecule has 0 saturated carbocycles. The minimum atomic E-state index is -0.402. The molecule has 3 heterocycles. The van der Waals surface area contributed by atoms with Gasteiger partial charge in [0, 0.05) is 44.1 Å². The van der Waals surface area contributed by atoms with Crippen LogP contribution in [0.1, 0.15) is 35.2 Å². The third-order valence-electron chi connectivity index (χ3n) is 5.06. The van der Waals surface area contributed by atoms with Gasteiger partial charge in [0.1, 0.15) is 12.4 Å². The van der Waals surface area contributed by atoms with E-state index in [9.17, 15) is 4.79 Å². The van der Waals surface area contributed by atoms with Crippen molar-refractivity contribution in [3.63, 3.8) is 0 Å². The highest BCUT2D eigenvalue weighted by Crippen LogP contribution is 2.45. The van der Waals surface area contributed by atoms with Gasteiger partial charge in [0.15, 0.2) is 5.78 Å². The van der Waals surface area contributed by atoms with Crippen molar-refractivity contribution in [1.29, 1.82) is 0 Å². The van der Waals surface area contributed by atoms with Crippen LogP contribution < -0.4 is 5.32 Å². The van der Waals surface area contributed by atoms with Gasteiger partial charge in [0.2, 0.25) is 5.95 Å². The summed E-state index contributed by atoms with van der Waals surface area (Å²) in [5.41, 5.74) is 2.41. The fraction of sp³-hybridized carbons (Fsp3) is 0.211. The van der Waals surface area contributed by atoms with E-state index in [-0.39, 0.29) is 11.7 Å². The first-order valence-corrected chi connectivity index (χ1v) is 10.2. The maximum atomic E-state index is 13.2. The van der Waals surface area contributed by atoms with Crippen LogP contribution in [-0.4, -0.2) is 20.5 Å². The van der Waals surface area contributed by atoms with Crippen LogP contribution in [0.2, 0.25) is 10.0 Å². The molecule has 2 unspecified atom stereocenters. The Hall–Kier alpha value is -2.15. The fourth-order valence-corrected chi connectivity index (χ4v) is 5.23. The number of Topliss-reactive ketones (excluding diaryl/α,β-unsaturated/α-hetero) is 1. The number of ketones is 1. The van der Waals surface area contributed by atoms with Crippen LogP contribution in [-0.2, 0) is 4.79 Å². The van der Waals surface area contributed by atoms with E-state index in [2.05, 4.69) is 21.5 Å². The number of thiophene rings is 1. The number of fused-ring (bicyclic) bond motifs is 1. The van der Waals surface area contributed by atoms with Crippen LogP contribution in [0.25, 0.3) is 0 Å². The second kappa shape index (κ2) is 6.48. The average Bonchev–Trinajstić information content (AvgIpc) is 3.32. The van der Waals surface area contributed by atoms with Crippen molar-refractivity contribution in [2.75, 3.05) is 5.32 Å². The van der Waals surface area contributed by atoms with Crippen LogP contribution in [0, 0.1) is 0 Å². The molecule has 3 aromatic rings. The van der Waals surface area contributed by atoms with Crippen LogP contribution in [0.4, 0.5) is 5.95 Å². The smallest absolute Gasteiger partial charge is 0.226 e. The lowest BCUT2D eigenvalue weighted by Crippen LogP contribution is -2.33. The van der Waals surface area contributed by atoms with Crippen molar-refractivity contribution in [2.45, 2.75) is 24.8 Å². The zero-order chi connectivity index (χ0) is 18.5. The highest BCUT2D eigenvalue weighted by Gasteiger charge is 2.40. The highest BCUT2D eigenvalue weighted by molar-refractivity contribution is 7.10. The quantitative estimate of drug-likeness (QED) is 0.633. The van der Waals surface area contributed by atoms with Crippen LogP contribution >= 0.6 is 34.5 Å². The summed E-state index contributed by atoms with van der Waals surface area (Å²) in [5.74, 6) is 0.906. The summed E-state index contributed by atoms with van der Waals surface area (Å²) in [6.45, 7) is 0. The highest BCUT2D eigenvalue weighted by atomic mass is 35.5. The van der Waals surface area contributed by atoms with Crippen molar-refractivity contribution < 1.29 is 4.79 Å². The molecular formula is C19H14Cl2N4OS. The SMILES string of the molecule is O=C1CC(c2cccs2)CC2=C1C(c1ccc(Cl)cc1Cl)n1ncnc1N2. The largest absolute Gasteiger partial charge is 0.328 e. The van der Waals surface area contributed by atoms with Gasteiger partial charge < -0.3 is 5.32 Å². The van der Waals surface area contributed by atoms with Gasteiger partial charge in [-0.3, -0.25) is 4.79 Å². The van der Waals surface area contributed by atoms with Crippen LogP contribution in [0.5, 0.6) is 0 Å². The number of hydrogen-bond donors (Lipinski definition) is 1. The first kappa shape index (κ1) is 17.0. The van der Waals surface area contributed by atoms with Gasteiger partial charge in [-0.1, -0.05) is 35.3 Å². The van der Waals surface area contributed by atoms with E-state index in [1.54, 1.807) is 28.2 Å². The summed E-state index contributed by atoms with van der Waals surface area (Å²) < 4.78 is 1.72. The van der Waals surface area contributed by atoms with Gasteiger partial charge in [-0.2, -0.15) is 10.1 Å². The minimum Gasteiger partial charge on any atom is -0.328 e. The van der Waals surface area contributed by atoms with Gasteiger partial charge in [0.25, 0.3) is 0 Å². The molecule has 1 aliphatic carbocycles. The van der Waals surface area contributed by atoms with E-state index in [1.165, 1.54) is 11.2 Å². The Bertz CT molecular complexity index is 1070. The second-order valence-electron chi connectivity index (χ2n) is 6.66. The molecule has 0 bridgehead atoms. The first-order chi connectivity index (χ1) is 13.1. The molecule has 0 radical (unpaired) electrons. The molecule has 0 spiro atoms. The van der Waals surface area contributed by atoms with Gasteiger partial charge in [0.05, 0.1) is 0 Å². The number of rotatable bonds is 2. The van der Waals surface area contributed by atoms with Crippen molar-refractivity contribution >= 4 is 46.3 Å². The molecule has 1 aliphatic heterocycles. The number of hydrogen-bond acceptors (Lipinski definition) is 5. The first-order valence-electron chi connectivity index (χ1n) is 8.53. The number of allylic oxidation sites excluding steroid dienone is 2. The van der Waals surface area contributed by atoms with Crippen molar-refractivity contribution in [3.05, 3.63) is 73.8 Å². The summed E-state index contributed by atoms with van der Waals surface area (Å²) in [4.78, 5) is 18.7.